The lowest BCUT2D eigenvalue weighted by Gasteiger charge is -2.46. The second-order valence-corrected chi connectivity index (χ2v) is 15.7. The van der Waals surface area contributed by atoms with E-state index in [-0.39, 0.29) is 22.6 Å². The molecule has 7 rings (SSSR count). The van der Waals surface area contributed by atoms with E-state index in [4.69, 9.17) is 42.3 Å². The molecule has 3 aromatic rings. The molecule has 4 fully saturated rings. The predicted octanol–water partition coefficient (Wildman–Crippen LogP) is -5.07. The number of rotatable bonds is 11. The summed E-state index contributed by atoms with van der Waals surface area (Å²) in [6.07, 6.45) is -34.0. The predicted molar refractivity (Wildman–Crippen MR) is 202 cm³/mol. The van der Waals surface area contributed by atoms with Crippen LogP contribution in [-0.4, -0.2) is 208 Å². The summed E-state index contributed by atoms with van der Waals surface area (Å²) in [6, 6.07) is 7.03. The van der Waals surface area contributed by atoms with Crippen LogP contribution >= 0.6 is 0 Å². The summed E-state index contributed by atoms with van der Waals surface area (Å²) in [4.78, 5) is 14.5. The van der Waals surface area contributed by atoms with Crippen LogP contribution in [0.3, 0.4) is 0 Å². The molecule has 0 saturated carbocycles. The van der Waals surface area contributed by atoms with Gasteiger partial charge in [-0.05, 0) is 38.1 Å². The van der Waals surface area contributed by atoms with Crippen LogP contribution in [0.1, 0.15) is 13.8 Å². The Bertz CT molecular complexity index is 2080. The summed E-state index contributed by atoms with van der Waals surface area (Å²) in [5, 5.41) is 147. The minimum absolute atomic E-state index is 0.0468. The maximum Gasteiger partial charge on any atom is 0.239 e. The Morgan fingerprint density at radius 3 is 1.78 bits per heavy atom. The summed E-state index contributed by atoms with van der Waals surface area (Å²) >= 11 is 0. The number of aromatic hydroxyl groups is 2. The molecular weight excluding hydrogens is 852 g/mol. The van der Waals surface area contributed by atoms with Crippen molar-refractivity contribution in [2.75, 3.05) is 13.2 Å². The van der Waals surface area contributed by atoms with E-state index in [0.717, 1.165) is 12.1 Å². The van der Waals surface area contributed by atoms with Gasteiger partial charge in [-0.1, -0.05) is 0 Å². The first kappa shape index (κ1) is 47.1. The largest absolute Gasteiger partial charge is 0.508 e. The van der Waals surface area contributed by atoms with E-state index < -0.39 is 164 Å². The number of aliphatic hydroxyl groups is 12. The maximum atomic E-state index is 14.5. The van der Waals surface area contributed by atoms with Gasteiger partial charge in [-0.15, -0.1) is 0 Å². The monoisotopic (exact) mass is 902 g/mol. The number of hydrogen-bond acceptors (Lipinski definition) is 24. The molecule has 0 aliphatic carbocycles. The third kappa shape index (κ3) is 9.19. The fraction of sp³-hybridized carbons (Fsp3) is 0.615. The molecule has 0 unspecified atom stereocenters. The standard InChI is InChI=1S/C39H50O24/c1-11-21(43)26(48)30(52)36(56-11)55-10-19-24(46)29(51)35(63-37-31(53)27(49)22(44)12(2)57-37)39(61-19)62-34-25(47)20-16(42)7-15(58-38-32(54)28(50)23(45)18(9-40)60-38)8-17(20)59-33(34)13-3-5-14(41)6-4-13/h3-8,11-12,18-19,21-24,26-32,35-46,48-54H,9-10H2,1-2H3/t11-,12-,18+,19+,21-,22-,23+,24+,26+,27+,28-,29-,30+,31+,32+,35+,36+,37-,38+,39-/m0/s1. The molecule has 0 radical (unpaired) electrons. The van der Waals surface area contributed by atoms with Gasteiger partial charge in [0.1, 0.15) is 108 Å². The highest BCUT2D eigenvalue weighted by molar-refractivity contribution is 5.88. The normalized spacial score (nSPS) is 41.0. The maximum absolute atomic E-state index is 14.5. The molecule has 24 heteroatoms. The third-order valence-electron chi connectivity index (χ3n) is 11.3. The number of aliphatic hydroxyl groups excluding tert-OH is 12. The van der Waals surface area contributed by atoms with Gasteiger partial charge in [0.05, 0.1) is 25.4 Å². The first-order chi connectivity index (χ1) is 29.8. The Balaban J connectivity index is 1.27. The van der Waals surface area contributed by atoms with Gasteiger partial charge in [0, 0.05) is 17.7 Å². The average Bonchev–Trinajstić information content (AvgIpc) is 3.25. The number of phenolic OH excluding ortho intramolecular Hbond substituents is 2. The van der Waals surface area contributed by atoms with E-state index in [1.165, 1.54) is 38.1 Å². The molecule has 24 nitrogen and oxygen atoms in total. The fourth-order valence-electron chi connectivity index (χ4n) is 7.56. The van der Waals surface area contributed by atoms with Crippen molar-refractivity contribution in [3.05, 3.63) is 46.6 Å². The van der Waals surface area contributed by atoms with Gasteiger partial charge in [0.2, 0.25) is 23.8 Å². The van der Waals surface area contributed by atoms with Gasteiger partial charge >= 0.3 is 0 Å². The Labute approximate surface area is 355 Å². The minimum Gasteiger partial charge on any atom is -0.508 e. The number of phenols is 2. The lowest BCUT2D eigenvalue weighted by Crippen LogP contribution is -2.65. The third-order valence-corrected chi connectivity index (χ3v) is 11.3. The highest BCUT2D eigenvalue weighted by Gasteiger charge is 2.52. The van der Waals surface area contributed by atoms with Gasteiger partial charge < -0.3 is 114 Å². The molecule has 0 bridgehead atoms. The topological polar surface area (TPSA) is 387 Å². The molecule has 350 valence electrons. The first-order valence-corrected chi connectivity index (χ1v) is 19.8. The van der Waals surface area contributed by atoms with Crippen molar-refractivity contribution >= 4 is 11.0 Å². The van der Waals surface area contributed by atoms with Crippen molar-refractivity contribution in [1.82, 2.24) is 0 Å². The molecule has 0 spiro atoms. The molecule has 20 atom stereocenters. The Morgan fingerprint density at radius 1 is 0.587 bits per heavy atom. The van der Waals surface area contributed by atoms with E-state index >= 15 is 0 Å². The molecule has 1 aromatic heterocycles. The van der Waals surface area contributed by atoms with Crippen LogP contribution in [0, 0.1) is 0 Å². The SMILES string of the molecule is C[C@@H]1O[C@@H](OC[C@H]2O[C@@H](Oc3c(-c4ccc(O)cc4)oc4cc(O[C@@H]5O[C@H](CO)[C@@H](O)[C@H](O)[C@H]5O)cc(O)c4c3=O)[C@H](O[C@@H]3O[C@@H](C)[C@H](O)[C@@H](O)[C@H]3O)[C@@H](O)[C@@H]2O)[C@H](O)[C@H](O)[C@H]1O. The molecule has 63 heavy (non-hydrogen) atoms. The van der Waals surface area contributed by atoms with Crippen molar-refractivity contribution in [2.24, 2.45) is 0 Å². The van der Waals surface area contributed by atoms with Gasteiger partial charge in [-0.2, -0.15) is 0 Å². The van der Waals surface area contributed by atoms with Crippen molar-refractivity contribution in [1.29, 1.82) is 0 Å². The lowest BCUT2D eigenvalue weighted by molar-refractivity contribution is -0.360. The first-order valence-electron chi connectivity index (χ1n) is 19.8. The molecule has 4 saturated heterocycles. The molecule has 14 N–H and O–H groups in total. The Kier molecular flexibility index (Phi) is 14.1. The molecule has 5 heterocycles. The summed E-state index contributed by atoms with van der Waals surface area (Å²) in [5.41, 5.74) is -1.46. The summed E-state index contributed by atoms with van der Waals surface area (Å²) in [5.74, 6) is -2.50. The highest BCUT2D eigenvalue weighted by atomic mass is 16.8. The van der Waals surface area contributed by atoms with E-state index in [9.17, 15) is 76.3 Å². The zero-order valence-corrected chi connectivity index (χ0v) is 33.3. The minimum atomic E-state index is -2.07. The molecule has 4 aliphatic heterocycles. The van der Waals surface area contributed by atoms with Gasteiger partial charge in [0.25, 0.3) is 0 Å². The second kappa shape index (κ2) is 18.9. The quantitative estimate of drug-likeness (QED) is 0.0856. The molecule has 2 aromatic carbocycles. The van der Waals surface area contributed by atoms with Crippen LogP contribution in [0.5, 0.6) is 23.0 Å². The zero-order valence-electron chi connectivity index (χ0n) is 33.3. The fourth-order valence-corrected chi connectivity index (χ4v) is 7.56. The van der Waals surface area contributed by atoms with E-state index in [1.54, 1.807) is 0 Å². The number of ether oxygens (including phenoxy) is 8. The van der Waals surface area contributed by atoms with E-state index in [1.807, 2.05) is 0 Å². The summed E-state index contributed by atoms with van der Waals surface area (Å²) < 4.78 is 51.8. The van der Waals surface area contributed by atoms with Crippen LogP contribution in [0.2, 0.25) is 0 Å². The molecular formula is C39H50O24. The average molecular weight is 903 g/mol. The van der Waals surface area contributed by atoms with Crippen LogP contribution < -0.4 is 14.9 Å². The van der Waals surface area contributed by atoms with Crippen molar-refractivity contribution in [3.8, 4) is 34.3 Å². The Hall–Kier alpha value is -3.87. The smallest absolute Gasteiger partial charge is 0.239 e. The van der Waals surface area contributed by atoms with Gasteiger partial charge in [-0.3, -0.25) is 4.79 Å². The number of fused-ring (bicyclic) bond motifs is 1. The van der Waals surface area contributed by atoms with Crippen LogP contribution in [0.4, 0.5) is 0 Å². The number of hydrogen-bond donors (Lipinski definition) is 14. The van der Waals surface area contributed by atoms with E-state index in [0.29, 0.717) is 0 Å². The van der Waals surface area contributed by atoms with Crippen LogP contribution in [0.25, 0.3) is 22.3 Å². The summed E-state index contributed by atoms with van der Waals surface area (Å²) in [6.45, 7) is 1.24. The van der Waals surface area contributed by atoms with E-state index in [2.05, 4.69) is 0 Å². The van der Waals surface area contributed by atoms with Crippen molar-refractivity contribution in [2.45, 2.75) is 137 Å². The van der Waals surface area contributed by atoms with Gasteiger partial charge in [0.15, 0.2) is 24.4 Å². The summed E-state index contributed by atoms with van der Waals surface area (Å²) in [7, 11) is 0. The molecule has 4 aliphatic rings. The highest BCUT2D eigenvalue weighted by Crippen LogP contribution is 2.40. The Morgan fingerprint density at radius 2 is 1.14 bits per heavy atom. The lowest BCUT2D eigenvalue weighted by atomic mass is 9.97. The number of benzene rings is 2. The molecule has 0 amide bonds. The zero-order chi connectivity index (χ0) is 45.8. The van der Waals surface area contributed by atoms with Gasteiger partial charge in [-0.25, -0.2) is 0 Å². The van der Waals surface area contributed by atoms with Crippen molar-refractivity contribution < 1.29 is 114 Å². The van der Waals surface area contributed by atoms with Crippen LogP contribution in [0.15, 0.2) is 45.6 Å². The van der Waals surface area contributed by atoms with Crippen LogP contribution in [-0.2, 0) is 28.4 Å². The van der Waals surface area contributed by atoms with Crippen molar-refractivity contribution in [3.63, 3.8) is 0 Å². The second-order valence-electron chi connectivity index (χ2n) is 15.7.